The van der Waals surface area contributed by atoms with Gasteiger partial charge < -0.3 is 10.2 Å². The van der Waals surface area contributed by atoms with E-state index in [0.29, 0.717) is 12.8 Å². The van der Waals surface area contributed by atoms with Gasteiger partial charge in [-0.25, -0.2) is 9.59 Å². The van der Waals surface area contributed by atoms with Gasteiger partial charge in [-0.1, -0.05) is 13.8 Å². The first kappa shape index (κ1) is 23.8. The van der Waals surface area contributed by atoms with E-state index in [1.807, 2.05) is 13.8 Å². The SMILES string of the molecule is CCCC(=[OH+])[OH2+].CCCC(=[OH+])[OH2+].[Re].[Re]. The van der Waals surface area contributed by atoms with Crippen molar-refractivity contribution >= 4 is 11.9 Å². The van der Waals surface area contributed by atoms with Gasteiger partial charge in [0.05, 0.1) is 0 Å². The molecule has 0 saturated carbocycles. The maximum Gasteiger partial charge on any atom is 0.621 e. The summed E-state index contributed by atoms with van der Waals surface area (Å²) in [6.45, 7) is 3.84. The second-order valence-electron chi connectivity index (χ2n) is 2.39. The summed E-state index contributed by atoms with van der Waals surface area (Å²) >= 11 is 0. The molecular weight excluding hydrogens is 532 g/mol. The molecule has 2 radical (unpaired) electrons. The zero-order valence-electron chi connectivity index (χ0n) is 8.48. The molecule has 0 saturated heterocycles. The number of hydrogen-bond donors (Lipinski definition) is 0. The summed E-state index contributed by atoms with van der Waals surface area (Å²) in [4.78, 5) is 16.3. The first-order valence-electron chi connectivity index (χ1n) is 4.07. The molecule has 0 unspecified atom stereocenters. The van der Waals surface area contributed by atoms with E-state index in [0.717, 1.165) is 12.8 Å². The Hall–Kier alpha value is 0.265. The van der Waals surface area contributed by atoms with Crippen molar-refractivity contribution in [2.45, 2.75) is 39.5 Å². The molecule has 4 nitrogen and oxygen atoms in total. The van der Waals surface area contributed by atoms with Gasteiger partial charge in [-0.05, 0) is 12.8 Å². The van der Waals surface area contributed by atoms with Crippen LogP contribution in [-0.2, 0) is 40.8 Å². The van der Waals surface area contributed by atoms with Crippen LogP contribution in [0.25, 0.3) is 0 Å². The molecule has 0 atom stereocenters. The average Bonchev–Trinajstić information content (AvgIpc) is 1.87. The van der Waals surface area contributed by atoms with Crippen LogP contribution in [-0.4, -0.2) is 31.7 Å². The standard InChI is InChI=1S/2C4H8O2.2Re/c2*1-2-3-4(5)6;;/h2*2-3H2,1H3,(H,5,6);;/p+4. The summed E-state index contributed by atoms with van der Waals surface area (Å²) < 4.78 is 0. The number of rotatable bonds is 4. The van der Waals surface area contributed by atoms with Gasteiger partial charge in [0.15, 0.2) is 12.8 Å². The van der Waals surface area contributed by atoms with E-state index in [-0.39, 0.29) is 52.8 Å². The molecule has 0 rings (SSSR count). The predicted molar refractivity (Wildman–Crippen MR) is 50.9 cm³/mol. The van der Waals surface area contributed by atoms with E-state index >= 15 is 0 Å². The smallest absolute Gasteiger partial charge is 0.524 e. The quantitative estimate of drug-likeness (QED) is 0.441. The topological polar surface area (TPSA) is 88.6 Å². The van der Waals surface area contributed by atoms with Gasteiger partial charge in [-0.3, -0.25) is 0 Å². The summed E-state index contributed by atoms with van der Waals surface area (Å²) in [6, 6.07) is 0. The van der Waals surface area contributed by atoms with E-state index < -0.39 is 0 Å². The molecule has 0 bridgehead atoms. The van der Waals surface area contributed by atoms with Crippen molar-refractivity contribution in [2.75, 3.05) is 0 Å². The second-order valence-corrected chi connectivity index (χ2v) is 2.39. The van der Waals surface area contributed by atoms with Gasteiger partial charge in [-0.2, -0.15) is 0 Å². The van der Waals surface area contributed by atoms with Crippen molar-refractivity contribution in [2.24, 2.45) is 0 Å². The van der Waals surface area contributed by atoms with Crippen LogP contribution in [0.1, 0.15) is 39.5 Å². The van der Waals surface area contributed by atoms with Crippen molar-refractivity contribution in [1.82, 2.24) is 0 Å². The molecule has 0 aromatic heterocycles. The monoisotopic (exact) mass is 554 g/mol. The molecule has 0 fully saturated rings. The summed E-state index contributed by atoms with van der Waals surface area (Å²) in [7, 11) is 0. The summed E-state index contributed by atoms with van der Waals surface area (Å²) in [5.41, 5.74) is 0. The Morgan fingerprint density at radius 2 is 1.07 bits per heavy atom. The maximum atomic E-state index is 8.14. The normalized spacial score (nSPS) is 7.00. The Morgan fingerprint density at radius 1 is 0.857 bits per heavy atom. The van der Waals surface area contributed by atoms with E-state index in [4.69, 9.17) is 19.8 Å². The summed E-state index contributed by atoms with van der Waals surface area (Å²) in [6.07, 6.45) is 2.74. The maximum absolute atomic E-state index is 8.14. The molecule has 0 aliphatic heterocycles. The van der Waals surface area contributed by atoms with Crippen LogP contribution in [0.2, 0.25) is 0 Å². The van der Waals surface area contributed by atoms with E-state index in [1.165, 1.54) is 0 Å². The fourth-order valence-electron chi connectivity index (χ4n) is 0.474. The zero-order chi connectivity index (χ0) is 9.98. The van der Waals surface area contributed by atoms with Crippen molar-refractivity contribution < 1.29 is 60.6 Å². The van der Waals surface area contributed by atoms with E-state index in [2.05, 4.69) is 0 Å². The van der Waals surface area contributed by atoms with Crippen LogP contribution in [0.15, 0.2) is 0 Å². The first-order valence-corrected chi connectivity index (χ1v) is 4.07. The molecule has 0 aromatic carbocycles. The fourth-order valence-corrected chi connectivity index (χ4v) is 0.474. The molecule has 0 heterocycles. The van der Waals surface area contributed by atoms with E-state index in [9.17, 15) is 0 Å². The summed E-state index contributed by atoms with van der Waals surface area (Å²) in [5, 5.41) is 12.9. The molecule has 0 aromatic rings. The third kappa shape index (κ3) is 39.7. The van der Waals surface area contributed by atoms with Crippen molar-refractivity contribution in [3.63, 3.8) is 0 Å². The molecule has 0 amide bonds. The largest absolute Gasteiger partial charge is 0.621 e. The molecule has 0 spiro atoms. The predicted octanol–water partition coefficient (Wildman–Crippen LogP) is 0.0220. The fraction of sp³-hybridized carbons (Fsp3) is 0.750. The molecule has 6 N–H and O–H groups in total. The Bertz CT molecular complexity index is 123. The van der Waals surface area contributed by atoms with E-state index in [1.54, 1.807) is 0 Å². The summed E-state index contributed by atoms with van der Waals surface area (Å²) in [5.74, 6) is -0.421. The molecular formula is C8H20O4Re2+4. The van der Waals surface area contributed by atoms with Crippen LogP contribution < -0.4 is 0 Å². The minimum atomic E-state index is -0.211. The Kier molecular flexibility index (Phi) is 32.2. The molecule has 14 heavy (non-hydrogen) atoms. The third-order valence-corrected chi connectivity index (χ3v) is 0.974. The number of hydrogen-bond acceptors (Lipinski definition) is 0. The van der Waals surface area contributed by atoms with Crippen LogP contribution >= 0.6 is 0 Å². The average molecular weight is 553 g/mol. The van der Waals surface area contributed by atoms with Crippen LogP contribution in [0, 0.1) is 0 Å². The van der Waals surface area contributed by atoms with Gasteiger partial charge in [0.1, 0.15) is 0 Å². The van der Waals surface area contributed by atoms with Gasteiger partial charge in [-0.15, -0.1) is 0 Å². The number of carbonyl (C=O) groups excluding carboxylic acids is 2. The van der Waals surface area contributed by atoms with Gasteiger partial charge in [0.25, 0.3) is 0 Å². The zero-order valence-corrected chi connectivity index (χ0v) is 13.9. The van der Waals surface area contributed by atoms with Crippen molar-refractivity contribution in [3.05, 3.63) is 0 Å². The molecule has 86 valence electrons. The first-order chi connectivity index (χ1) is 5.54. The Balaban J connectivity index is -0.0000000625. The van der Waals surface area contributed by atoms with Crippen LogP contribution in [0.4, 0.5) is 0 Å². The Morgan fingerprint density at radius 3 is 1.07 bits per heavy atom. The van der Waals surface area contributed by atoms with Gasteiger partial charge >= 0.3 is 11.9 Å². The van der Waals surface area contributed by atoms with Crippen LogP contribution in [0.5, 0.6) is 0 Å². The van der Waals surface area contributed by atoms with Gasteiger partial charge in [0.2, 0.25) is 0 Å². The Labute approximate surface area is 112 Å². The third-order valence-electron chi connectivity index (χ3n) is 0.974. The molecule has 6 heteroatoms. The van der Waals surface area contributed by atoms with Gasteiger partial charge in [0, 0.05) is 40.8 Å². The van der Waals surface area contributed by atoms with Crippen molar-refractivity contribution in [3.8, 4) is 0 Å². The molecule has 0 aliphatic rings. The second kappa shape index (κ2) is 18.9. The van der Waals surface area contributed by atoms with Crippen molar-refractivity contribution in [1.29, 1.82) is 0 Å². The molecule has 0 aliphatic carbocycles. The van der Waals surface area contributed by atoms with Crippen LogP contribution in [0.3, 0.4) is 0 Å². The minimum Gasteiger partial charge on any atom is -0.524 e. The minimum absolute atomic E-state index is 0.